The Morgan fingerprint density at radius 3 is 2.71 bits per heavy atom. The van der Waals surface area contributed by atoms with Gasteiger partial charge in [0.25, 0.3) is 5.91 Å². The summed E-state index contributed by atoms with van der Waals surface area (Å²) in [6, 6.07) is 14.1. The molecule has 1 saturated heterocycles. The van der Waals surface area contributed by atoms with Gasteiger partial charge in [-0.1, -0.05) is 12.1 Å². The third-order valence-corrected chi connectivity index (χ3v) is 6.83. The van der Waals surface area contributed by atoms with Gasteiger partial charge in [0, 0.05) is 30.9 Å². The van der Waals surface area contributed by atoms with E-state index in [1.807, 2.05) is 66.3 Å². The highest BCUT2D eigenvalue weighted by Gasteiger charge is 2.27. The van der Waals surface area contributed by atoms with Gasteiger partial charge in [-0.15, -0.1) is 0 Å². The molecule has 3 N–H and O–H groups in total. The lowest BCUT2D eigenvalue weighted by molar-refractivity contribution is 0.0966. The quantitative estimate of drug-likeness (QED) is 0.436. The van der Waals surface area contributed by atoms with Crippen molar-refractivity contribution in [2.75, 3.05) is 23.3 Å². The number of hydrogen-bond acceptors (Lipinski definition) is 6. The zero-order valence-electron chi connectivity index (χ0n) is 19.0. The second-order valence-electron chi connectivity index (χ2n) is 8.96. The van der Waals surface area contributed by atoms with Gasteiger partial charge in [0.1, 0.15) is 5.82 Å². The summed E-state index contributed by atoms with van der Waals surface area (Å²) in [6.07, 6.45) is 5.06. The summed E-state index contributed by atoms with van der Waals surface area (Å²) in [5.41, 5.74) is 7.50. The minimum Gasteiger partial charge on any atom is -0.393 e. The lowest BCUT2D eigenvalue weighted by Gasteiger charge is -2.31. The van der Waals surface area contributed by atoms with Gasteiger partial charge in [0.05, 0.1) is 41.0 Å². The highest BCUT2D eigenvalue weighted by molar-refractivity contribution is 6.06. The predicted octanol–water partition coefficient (Wildman–Crippen LogP) is 3.65. The van der Waals surface area contributed by atoms with Gasteiger partial charge < -0.3 is 20.6 Å². The molecule has 0 atom stereocenters. The van der Waals surface area contributed by atoms with Crippen molar-refractivity contribution < 1.29 is 9.90 Å². The molecule has 0 spiro atoms. The third-order valence-electron chi connectivity index (χ3n) is 6.83. The topological polar surface area (TPSA) is 94.8 Å². The Balaban J connectivity index is 1.31. The van der Waals surface area contributed by atoms with Crippen LogP contribution in [0.5, 0.6) is 0 Å². The lowest BCUT2D eigenvalue weighted by Crippen LogP contribution is -2.35. The van der Waals surface area contributed by atoms with Crippen LogP contribution in [-0.4, -0.2) is 44.8 Å². The van der Waals surface area contributed by atoms with E-state index < -0.39 is 0 Å². The molecule has 6 rings (SSSR count). The van der Waals surface area contributed by atoms with E-state index >= 15 is 0 Å². The Hall–Kier alpha value is -3.91. The first-order valence-corrected chi connectivity index (χ1v) is 11.6. The fourth-order valence-corrected chi connectivity index (χ4v) is 4.97. The number of aryl methyl sites for hydroxylation is 1. The number of piperidine rings is 1. The van der Waals surface area contributed by atoms with E-state index in [2.05, 4.69) is 25.6 Å². The Morgan fingerprint density at radius 2 is 1.91 bits per heavy atom. The van der Waals surface area contributed by atoms with Crippen LogP contribution in [0.25, 0.3) is 16.6 Å². The van der Waals surface area contributed by atoms with Crippen molar-refractivity contribution in [3.05, 3.63) is 71.7 Å². The molecule has 1 fully saturated rings. The second kappa shape index (κ2) is 8.14. The maximum atomic E-state index is 12.8. The number of nitrogens with one attached hydrogen (secondary N) is 2. The summed E-state index contributed by atoms with van der Waals surface area (Å²) in [6.45, 7) is 4.16. The highest BCUT2D eigenvalue weighted by atomic mass is 16.3. The van der Waals surface area contributed by atoms with Crippen LogP contribution >= 0.6 is 0 Å². The number of pyridine rings is 2. The number of carbonyl (C=O) groups is 1. The predicted molar refractivity (Wildman–Crippen MR) is 132 cm³/mol. The van der Waals surface area contributed by atoms with Gasteiger partial charge in [-0.25, -0.2) is 9.50 Å². The minimum atomic E-state index is -0.203. The van der Waals surface area contributed by atoms with Crippen LogP contribution in [-0.2, 0) is 6.54 Å². The van der Waals surface area contributed by atoms with Crippen LogP contribution in [0.2, 0.25) is 0 Å². The molecule has 5 heterocycles. The van der Waals surface area contributed by atoms with Crippen LogP contribution in [0.3, 0.4) is 0 Å². The fourth-order valence-electron chi connectivity index (χ4n) is 4.97. The molecule has 8 nitrogen and oxygen atoms in total. The van der Waals surface area contributed by atoms with E-state index in [0.29, 0.717) is 17.9 Å². The molecule has 8 heteroatoms. The second-order valence-corrected chi connectivity index (χ2v) is 8.96. The zero-order valence-corrected chi connectivity index (χ0v) is 19.0. The number of carbonyl (C=O) groups excluding carboxylic acids is 1. The number of rotatable bonds is 4. The van der Waals surface area contributed by atoms with Crippen LogP contribution < -0.4 is 15.5 Å². The molecule has 0 aliphatic carbocycles. The summed E-state index contributed by atoms with van der Waals surface area (Å²) >= 11 is 0. The summed E-state index contributed by atoms with van der Waals surface area (Å²) in [7, 11) is 0. The van der Waals surface area contributed by atoms with E-state index in [-0.39, 0.29) is 12.0 Å². The first-order chi connectivity index (χ1) is 16.6. The van der Waals surface area contributed by atoms with Gasteiger partial charge in [-0.2, -0.15) is 5.10 Å². The first-order valence-electron chi connectivity index (χ1n) is 11.6. The van der Waals surface area contributed by atoms with Gasteiger partial charge in [0.15, 0.2) is 0 Å². The zero-order chi connectivity index (χ0) is 23.2. The smallest absolute Gasteiger partial charge is 0.254 e. The van der Waals surface area contributed by atoms with E-state index in [9.17, 15) is 9.90 Å². The molecule has 0 radical (unpaired) electrons. The molecular formula is C26H26N6O2. The SMILES string of the molecule is Cc1cccc2c(-c3ccc(Nc4ccc(N5CCC(O)CC5)cn4)c4c3CNC4=O)cnn12. The van der Waals surface area contributed by atoms with Crippen molar-refractivity contribution in [1.82, 2.24) is 19.9 Å². The number of aromatic nitrogens is 3. The number of nitrogens with zero attached hydrogens (tertiary/aromatic N) is 4. The summed E-state index contributed by atoms with van der Waals surface area (Å²) < 4.78 is 1.92. The summed E-state index contributed by atoms with van der Waals surface area (Å²) in [5.74, 6) is 0.595. The van der Waals surface area contributed by atoms with Crippen LogP contribution in [0, 0.1) is 6.92 Å². The molecule has 0 saturated carbocycles. The van der Waals surface area contributed by atoms with E-state index in [4.69, 9.17) is 0 Å². The van der Waals surface area contributed by atoms with Crippen molar-refractivity contribution in [2.24, 2.45) is 0 Å². The lowest BCUT2D eigenvalue weighted by atomic mass is 9.96. The fraction of sp³-hybridized carbons (Fsp3) is 0.269. The number of hydrogen-bond donors (Lipinski definition) is 3. The average molecular weight is 455 g/mol. The van der Waals surface area contributed by atoms with Crippen LogP contribution in [0.4, 0.5) is 17.2 Å². The molecule has 2 aliphatic rings. The van der Waals surface area contributed by atoms with Gasteiger partial charge in [-0.05, 0) is 61.2 Å². The molecule has 0 bridgehead atoms. The number of aliphatic hydroxyl groups excluding tert-OH is 1. The van der Waals surface area contributed by atoms with Gasteiger partial charge in [-0.3, -0.25) is 4.79 Å². The Bertz CT molecular complexity index is 1390. The van der Waals surface area contributed by atoms with Crippen molar-refractivity contribution in [2.45, 2.75) is 32.4 Å². The Morgan fingerprint density at radius 1 is 1.06 bits per heavy atom. The molecule has 1 amide bonds. The average Bonchev–Trinajstić information content (AvgIpc) is 3.46. The summed E-state index contributed by atoms with van der Waals surface area (Å²) in [4.78, 5) is 19.6. The van der Waals surface area contributed by atoms with Crippen molar-refractivity contribution in [3.8, 4) is 11.1 Å². The van der Waals surface area contributed by atoms with Gasteiger partial charge >= 0.3 is 0 Å². The highest BCUT2D eigenvalue weighted by Crippen LogP contribution is 2.37. The maximum absolute atomic E-state index is 12.8. The standard InChI is InChI=1S/C26H26N6O2/c1-16-3-2-4-23-20(15-29-32(16)23)19-6-7-22(25-21(19)14-28-26(25)34)30-24-8-5-17(13-27-24)31-11-9-18(33)10-12-31/h2-8,13,15,18,33H,9-12,14H2,1H3,(H,27,30)(H,28,34). The minimum absolute atomic E-state index is 0.0875. The number of anilines is 3. The molecular weight excluding hydrogens is 428 g/mol. The largest absolute Gasteiger partial charge is 0.393 e. The van der Waals surface area contributed by atoms with E-state index in [1.54, 1.807) is 0 Å². The van der Waals surface area contributed by atoms with Crippen molar-refractivity contribution >= 4 is 28.6 Å². The third kappa shape index (κ3) is 3.47. The molecule has 2 aliphatic heterocycles. The van der Waals surface area contributed by atoms with Crippen LogP contribution in [0.15, 0.2) is 54.9 Å². The van der Waals surface area contributed by atoms with Gasteiger partial charge in [0.2, 0.25) is 0 Å². The molecule has 34 heavy (non-hydrogen) atoms. The number of amides is 1. The molecule has 4 aromatic rings. The molecule has 1 aromatic carbocycles. The first kappa shape index (κ1) is 20.7. The molecule has 172 valence electrons. The van der Waals surface area contributed by atoms with E-state index in [1.165, 1.54) is 0 Å². The normalized spacial score (nSPS) is 16.1. The molecule has 3 aromatic heterocycles. The van der Waals surface area contributed by atoms with E-state index in [0.717, 1.165) is 65.2 Å². The number of aliphatic hydroxyl groups is 1. The number of benzene rings is 1. The monoisotopic (exact) mass is 454 g/mol. The summed E-state index contributed by atoms with van der Waals surface area (Å²) in [5, 5.41) is 20.6. The Labute approximate surface area is 197 Å². The molecule has 0 unspecified atom stereocenters. The number of fused-ring (bicyclic) bond motifs is 2. The van der Waals surface area contributed by atoms with Crippen molar-refractivity contribution in [1.29, 1.82) is 0 Å². The maximum Gasteiger partial charge on any atom is 0.254 e. The van der Waals surface area contributed by atoms with Crippen molar-refractivity contribution in [3.63, 3.8) is 0 Å². The Kier molecular flexibility index (Phi) is 4.95. The van der Waals surface area contributed by atoms with Crippen LogP contribution in [0.1, 0.15) is 34.5 Å².